The minimum atomic E-state index is 0.335. The molecule has 0 bridgehead atoms. The van der Waals surface area contributed by atoms with Gasteiger partial charge in [-0.3, -0.25) is 0 Å². The van der Waals surface area contributed by atoms with E-state index in [4.69, 9.17) is 9.47 Å². The Morgan fingerprint density at radius 2 is 1.00 bits per heavy atom. The summed E-state index contributed by atoms with van der Waals surface area (Å²) in [5.74, 6) is 3.83. The monoisotopic (exact) mass is 440 g/mol. The molecular formula is C28H44N2O2. The topological polar surface area (TPSA) is 66.0 Å². The minimum Gasteiger partial charge on any atom is -0.490 e. The fourth-order valence-electron chi connectivity index (χ4n) is 3.75. The van der Waals surface area contributed by atoms with E-state index in [0.717, 1.165) is 24.7 Å². The highest BCUT2D eigenvalue weighted by Crippen LogP contribution is 2.32. The molecular weight excluding hydrogens is 396 g/mol. The third kappa shape index (κ3) is 11.4. The molecule has 178 valence electrons. The van der Waals surface area contributed by atoms with Gasteiger partial charge in [-0.2, -0.15) is 10.5 Å². The van der Waals surface area contributed by atoms with Gasteiger partial charge in [-0.1, -0.05) is 80.1 Å². The first-order valence-corrected chi connectivity index (χ1v) is 12.5. The molecule has 32 heavy (non-hydrogen) atoms. The minimum absolute atomic E-state index is 0.335. The van der Waals surface area contributed by atoms with Crippen LogP contribution in [-0.2, 0) is 0 Å². The average Bonchev–Trinajstić information content (AvgIpc) is 2.73. The maximum absolute atomic E-state index is 9.39. The molecule has 0 amide bonds. The Bertz CT molecular complexity index is 680. The van der Waals surface area contributed by atoms with E-state index in [2.05, 4.69) is 53.7 Å². The highest BCUT2D eigenvalue weighted by Gasteiger charge is 2.14. The van der Waals surface area contributed by atoms with E-state index in [0.29, 0.717) is 47.7 Å². The second-order valence-electron chi connectivity index (χ2n) is 10.2. The number of benzene rings is 1. The van der Waals surface area contributed by atoms with Crippen LogP contribution in [0.3, 0.4) is 0 Å². The summed E-state index contributed by atoms with van der Waals surface area (Å²) in [6.45, 7) is 14.8. The van der Waals surface area contributed by atoms with Crippen LogP contribution >= 0.6 is 0 Å². The van der Waals surface area contributed by atoms with Crippen LogP contribution in [-0.4, -0.2) is 13.2 Å². The van der Waals surface area contributed by atoms with Crippen molar-refractivity contribution in [2.24, 2.45) is 23.7 Å². The molecule has 0 saturated carbocycles. The Morgan fingerprint density at radius 3 is 1.31 bits per heavy atom. The molecule has 0 aromatic heterocycles. The van der Waals surface area contributed by atoms with Crippen molar-refractivity contribution in [2.45, 2.75) is 92.9 Å². The quantitative estimate of drug-likeness (QED) is 0.262. The number of nitrogens with zero attached hydrogens (tertiary/aromatic N) is 2. The highest BCUT2D eigenvalue weighted by molar-refractivity contribution is 5.56. The van der Waals surface area contributed by atoms with E-state index in [1.165, 1.54) is 38.5 Å². The summed E-state index contributed by atoms with van der Waals surface area (Å²) in [4.78, 5) is 0. The maximum Gasteiger partial charge on any atom is 0.162 e. The molecule has 1 aromatic rings. The van der Waals surface area contributed by atoms with Gasteiger partial charge in [-0.25, -0.2) is 0 Å². The van der Waals surface area contributed by atoms with Crippen LogP contribution in [0.4, 0.5) is 0 Å². The first-order valence-electron chi connectivity index (χ1n) is 12.5. The van der Waals surface area contributed by atoms with E-state index in [1.807, 2.05) is 0 Å². The van der Waals surface area contributed by atoms with Gasteiger partial charge in [0.1, 0.15) is 12.1 Å². The van der Waals surface area contributed by atoms with Crippen molar-refractivity contribution in [1.82, 2.24) is 0 Å². The molecule has 0 spiro atoms. The van der Waals surface area contributed by atoms with Gasteiger partial charge in [0.25, 0.3) is 0 Å². The Balaban J connectivity index is 2.65. The van der Waals surface area contributed by atoms with Gasteiger partial charge < -0.3 is 9.47 Å². The molecule has 0 aliphatic heterocycles. The molecule has 0 aliphatic carbocycles. The third-order valence-electron chi connectivity index (χ3n) is 6.02. The summed E-state index contributed by atoms with van der Waals surface area (Å²) in [5.41, 5.74) is 0.670. The maximum atomic E-state index is 9.39. The smallest absolute Gasteiger partial charge is 0.162 e. The van der Waals surface area contributed by atoms with Crippen LogP contribution < -0.4 is 9.47 Å². The van der Waals surface area contributed by atoms with Crippen LogP contribution in [0.1, 0.15) is 104 Å². The molecule has 0 heterocycles. The fourth-order valence-corrected chi connectivity index (χ4v) is 3.75. The van der Waals surface area contributed by atoms with Crippen molar-refractivity contribution in [2.75, 3.05) is 13.2 Å². The predicted molar refractivity (Wildman–Crippen MR) is 132 cm³/mol. The normalized spacial score (nSPS) is 12.9. The molecule has 0 N–H and O–H groups in total. The highest BCUT2D eigenvalue weighted by atomic mass is 16.5. The summed E-state index contributed by atoms with van der Waals surface area (Å²) in [7, 11) is 0. The Hall–Kier alpha value is -2.20. The molecule has 4 nitrogen and oxygen atoms in total. The lowest BCUT2D eigenvalue weighted by molar-refractivity contribution is 0.237. The lowest BCUT2D eigenvalue weighted by atomic mass is 9.97. The first kappa shape index (κ1) is 27.8. The Labute approximate surface area is 196 Å². The fraction of sp³-hybridized carbons (Fsp3) is 0.714. The van der Waals surface area contributed by atoms with Crippen LogP contribution in [0.5, 0.6) is 11.5 Å². The second kappa shape index (κ2) is 15.6. The zero-order valence-electron chi connectivity index (χ0n) is 21.2. The van der Waals surface area contributed by atoms with E-state index >= 15 is 0 Å². The standard InChI is InChI=1S/C28H44N2O2/c1-21(2)9-7-11-23(5)13-15-31-27-17-25(19-29)26(20-30)18-28(27)32-16-14-24(6)12-8-10-22(3)4/h17-18,21-24H,7-16H2,1-6H3. The summed E-state index contributed by atoms with van der Waals surface area (Å²) < 4.78 is 12.1. The zero-order valence-corrected chi connectivity index (χ0v) is 21.2. The summed E-state index contributed by atoms with van der Waals surface area (Å²) in [6, 6.07) is 7.51. The average molecular weight is 441 g/mol. The van der Waals surface area contributed by atoms with Gasteiger partial charge in [0, 0.05) is 12.1 Å². The third-order valence-corrected chi connectivity index (χ3v) is 6.02. The molecule has 4 heteroatoms. The van der Waals surface area contributed by atoms with E-state index in [-0.39, 0.29) is 0 Å². The lowest BCUT2D eigenvalue weighted by Gasteiger charge is -2.17. The number of rotatable bonds is 16. The molecule has 0 saturated heterocycles. The summed E-state index contributed by atoms with van der Waals surface area (Å²) in [5, 5.41) is 18.8. The molecule has 1 rings (SSSR count). The number of nitriles is 2. The van der Waals surface area contributed by atoms with Crippen LogP contribution in [0, 0.1) is 46.3 Å². The molecule has 0 radical (unpaired) electrons. The SMILES string of the molecule is CC(C)CCCC(C)CCOc1cc(C#N)c(C#N)cc1OCCC(C)CCCC(C)C. The van der Waals surface area contributed by atoms with Crippen molar-refractivity contribution in [3.8, 4) is 23.6 Å². The molecule has 2 unspecified atom stereocenters. The summed E-state index contributed by atoms with van der Waals surface area (Å²) in [6.07, 6.45) is 9.36. The second-order valence-corrected chi connectivity index (χ2v) is 10.2. The number of hydrogen-bond acceptors (Lipinski definition) is 4. The number of ether oxygens (including phenoxy) is 2. The predicted octanol–water partition coefficient (Wildman–Crippen LogP) is 7.89. The van der Waals surface area contributed by atoms with Gasteiger partial charge in [0.2, 0.25) is 0 Å². The van der Waals surface area contributed by atoms with Gasteiger partial charge >= 0.3 is 0 Å². The van der Waals surface area contributed by atoms with Crippen molar-refractivity contribution in [1.29, 1.82) is 10.5 Å². The molecule has 1 aromatic carbocycles. The van der Waals surface area contributed by atoms with Gasteiger partial charge in [-0.05, 0) is 36.5 Å². The molecule has 2 atom stereocenters. The van der Waals surface area contributed by atoms with Crippen molar-refractivity contribution >= 4 is 0 Å². The Morgan fingerprint density at radius 1 is 0.625 bits per heavy atom. The van der Waals surface area contributed by atoms with Gasteiger partial charge in [0.05, 0.1) is 24.3 Å². The van der Waals surface area contributed by atoms with Crippen molar-refractivity contribution in [3.63, 3.8) is 0 Å². The van der Waals surface area contributed by atoms with Crippen molar-refractivity contribution in [3.05, 3.63) is 23.3 Å². The van der Waals surface area contributed by atoms with Crippen LogP contribution in [0.25, 0.3) is 0 Å². The molecule has 0 aliphatic rings. The van der Waals surface area contributed by atoms with E-state index < -0.39 is 0 Å². The zero-order chi connectivity index (χ0) is 23.9. The lowest BCUT2D eigenvalue weighted by Crippen LogP contribution is -2.08. The van der Waals surface area contributed by atoms with Crippen LogP contribution in [0.2, 0.25) is 0 Å². The number of hydrogen-bond donors (Lipinski definition) is 0. The van der Waals surface area contributed by atoms with Gasteiger partial charge in [0.15, 0.2) is 11.5 Å². The van der Waals surface area contributed by atoms with Crippen molar-refractivity contribution < 1.29 is 9.47 Å². The van der Waals surface area contributed by atoms with Crippen LogP contribution in [0.15, 0.2) is 12.1 Å². The molecule has 0 fully saturated rings. The summed E-state index contributed by atoms with van der Waals surface area (Å²) >= 11 is 0. The van der Waals surface area contributed by atoms with E-state index in [1.54, 1.807) is 12.1 Å². The van der Waals surface area contributed by atoms with Gasteiger partial charge in [-0.15, -0.1) is 0 Å². The Kier molecular flexibility index (Phi) is 13.5. The van der Waals surface area contributed by atoms with E-state index in [9.17, 15) is 10.5 Å². The largest absolute Gasteiger partial charge is 0.490 e. The first-order chi connectivity index (χ1) is 15.3.